The van der Waals surface area contributed by atoms with Crippen LogP contribution < -0.4 is 20.8 Å². The summed E-state index contributed by atoms with van der Waals surface area (Å²) in [6.07, 6.45) is 1.12. The van der Waals surface area contributed by atoms with Gasteiger partial charge in [0.2, 0.25) is 5.43 Å². The first-order valence-corrected chi connectivity index (χ1v) is 10.2. The zero-order chi connectivity index (χ0) is 23.2. The number of benzene rings is 1. The van der Waals surface area contributed by atoms with Crippen molar-refractivity contribution in [3.63, 3.8) is 0 Å². The summed E-state index contributed by atoms with van der Waals surface area (Å²) in [4.78, 5) is 26.1. The van der Waals surface area contributed by atoms with E-state index < -0.39 is 35.0 Å². The molecule has 10 heteroatoms. The van der Waals surface area contributed by atoms with Crippen molar-refractivity contribution in [3.05, 3.63) is 45.0 Å². The number of nitrogens with zero attached hydrogens (tertiary/aromatic N) is 3. The van der Waals surface area contributed by atoms with Crippen LogP contribution in [-0.2, 0) is 0 Å². The van der Waals surface area contributed by atoms with Crippen molar-refractivity contribution in [2.45, 2.75) is 31.5 Å². The zero-order valence-corrected chi connectivity index (χ0v) is 17.4. The monoisotopic (exact) mass is 444 g/mol. The number of rotatable bonds is 5. The van der Waals surface area contributed by atoms with Crippen molar-refractivity contribution in [1.82, 2.24) is 4.57 Å². The number of halogens is 2. The number of ether oxygens (including phenoxy) is 1. The molecule has 1 saturated heterocycles. The van der Waals surface area contributed by atoms with Gasteiger partial charge in [0.15, 0.2) is 11.6 Å². The number of aromatic nitrogens is 1. The third kappa shape index (κ3) is 3.48. The Kier molecular flexibility index (Phi) is 5.60. The molecule has 2 heterocycles. The molecule has 2 fully saturated rings. The van der Waals surface area contributed by atoms with Crippen molar-refractivity contribution in [3.8, 4) is 11.8 Å². The fraction of sp³-hybridized carbons (Fsp3) is 0.409. The third-order valence-corrected chi connectivity index (χ3v) is 6.12. The van der Waals surface area contributed by atoms with Gasteiger partial charge in [0, 0.05) is 37.8 Å². The van der Waals surface area contributed by atoms with Gasteiger partial charge in [0.25, 0.3) is 0 Å². The molecule has 1 aromatic heterocycles. The predicted octanol–water partition coefficient (Wildman–Crippen LogP) is 2.51. The van der Waals surface area contributed by atoms with Crippen molar-refractivity contribution in [2.75, 3.05) is 31.6 Å². The van der Waals surface area contributed by atoms with Gasteiger partial charge in [-0.05, 0) is 18.9 Å². The second-order valence-corrected chi connectivity index (χ2v) is 7.92. The highest BCUT2D eigenvalue weighted by Crippen LogP contribution is 2.45. The van der Waals surface area contributed by atoms with Gasteiger partial charge >= 0.3 is 5.97 Å². The first-order chi connectivity index (χ1) is 15.3. The molecule has 2 aliphatic rings. The summed E-state index contributed by atoms with van der Waals surface area (Å²) in [5.41, 5.74) is 5.96. The van der Waals surface area contributed by atoms with E-state index in [4.69, 9.17) is 10.5 Å². The minimum atomic E-state index is -1.46. The van der Waals surface area contributed by atoms with Gasteiger partial charge in [-0.3, -0.25) is 4.79 Å². The Morgan fingerprint density at radius 2 is 2.06 bits per heavy atom. The number of anilines is 1. The molecule has 0 radical (unpaired) electrons. The summed E-state index contributed by atoms with van der Waals surface area (Å²) >= 11 is 0. The average Bonchev–Trinajstić information content (AvgIpc) is 3.51. The topological polar surface area (TPSA) is 122 Å². The summed E-state index contributed by atoms with van der Waals surface area (Å²) < 4.78 is 36.2. The molecule has 0 spiro atoms. The first-order valence-electron chi connectivity index (χ1n) is 10.2. The third-order valence-electron chi connectivity index (χ3n) is 6.12. The predicted molar refractivity (Wildman–Crippen MR) is 113 cm³/mol. The number of fused-ring (bicyclic) bond motifs is 1. The molecule has 32 heavy (non-hydrogen) atoms. The molecule has 1 saturated carbocycles. The number of hydrogen-bond donors (Lipinski definition) is 2. The Bertz CT molecular complexity index is 1240. The van der Waals surface area contributed by atoms with E-state index in [9.17, 15) is 24.3 Å². The van der Waals surface area contributed by atoms with Crippen LogP contribution in [0.1, 0.15) is 35.7 Å². The Hall–Kier alpha value is -3.45. The van der Waals surface area contributed by atoms with Gasteiger partial charge in [-0.2, -0.15) is 5.26 Å². The van der Waals surface area contributed by atoms with Crippen LogP contribution in [0.4, 0.5) is 14.5 Å². The maximum Gasteiger partial charge on any atom is 0.341 e. The van der Waals surface area contributed by atoms with Gasteiger partial charge in [-0.25, -0.2) is 13.6 Å². The Labute approximate surface area is 182 Å². The highest BCUT2D eigenvalue weighted by molar-refractivity contribution is 5.97. The van der Waals surface area contributed by atoms with E-state index in [-0.39, 0.29) is 35.3 Å². The van der Waals surface area contributed by atoms with Crippen LogP contribution in [0, 0.1) is 17.1 Å². The van der Waals surface area contributed by atoms with E-state index in [0.29, 0.717) is 31.5 Å². The van der Waals surface area contributed by atoms with E-state index >= 15 is 4.39 Å². The van der Waals surface area contributed by atoms with Crippen LogP contribution in [-0.4, -0.2) is 48.6 Å². The van der Waals surface area contributed by atoms with Gasteiger partial charge in [-0.1, -0.05) is 5.57 Å². The molecular weight excluding hydrogens is 422 g/mol. The lowest BCUT2D eigenvalue weighted by molar-refractivity contribution is 0.0694. The van der Waals surface area contributed by atoms with Gasteiger partial charge in [0.1, 0.15) is 17.4 Å². The molecule has 2 aromatic rings. The number of hydrogen-bond acceptors (Lipinski definition) is 6. The Morgan fingerprint density at radius 1 is 1.41 bits per heavy atom. The second-order valence-electron chi connectivity index (χ2n) is 7.92. The normalized spacial score (nSPS) is 20.2. The van der Waals surface area contributed by atoms with Gasteiger partial charge in [0.05, 0.1) is 30.1 Å². The maximum absolute atomic E-state index is 15.3. The number of methoxy groups -OCH3 is 1. The Morgan fingerprint density at radius 3 is 2.56 bits per heavy atom. The molecule has 4 rings (SSSR count). The number of pyridine rings is 1. The lowest BCUT2D eigenvalue weighted by Gasteiger charge is -2.32. The van der Waals surface area contributed by atoms with Crippen LogP contribution >= 0.6 is 0 Å². The van der Waals surface area contributed by atoms with Crippen LogP contribution in [0.5, 0.6) is 5.75 Å². The highest BCUT2D eigenvalue weighted by atomic mass is 19.1. The summed E-state index contributed by atoms with van der Waals surface area (Å²) in [5.74, 6) is -2.14. The lowest BCUT2D eigenvalue weighted by Crippen LogP contribution is -2.33. The van der Waals surface area contributed by atoms with Crippen molar-refractivity contribution in [1.29, 1.82) is 5.26 Å². The number of nitriles is 1. The summed E-state index contributed by atoms with van der Waals surface area (Å²) in [7, 11) is 1.33. The minimum Gasteiger partial charge on any atom is -0.492 e. The second kappa shape index (κ2) is 8.24. The minimum absolute atomic E-state index is 0.0555. The maximum atomic E-state index is 15.3. The highest BCUT2D eigenvalue weighted by Gasteiger charge is 2.41. The molecule has 1 aliphatic heterocycles. The fourth-order valence-electron chi connectivity index (χ4n) is 4.36. The molecule has 0 bridgehead atoms. The SMILES string of the molecule is COc1c(N2CCC(=C(C#N)CN)CC2)c(F)cc2c(=O)c(C(=O)O)cn(C3CC3F)c12. The molecule has 2 atom stereocenters. The van der Waals surface area contributed by atoms with Gasteiger partial charge in [-0.15, -0.1) is 0 Å². The molecule has 3 N–H and O–H groups in total. The molecule has 1 aliphatic carbocycles. The van der Waals surface area contributed by atoms with E-state index in [1.54, 1.807) is 4.90 Å². The number of piperidine rings is 1. The zero-order valence-electron chi connectivity index (χ0n) is 17.4. The summed E-state index contributed by atoms with van der Waals surface area (Å²) in [5, 5.41) is 18.5. The number of carbonyl (C=O) groups is 1. The average molecular weight is 444 g/mol. The van der Waals surface area contributed by atoms with Crippen LogP contribution in [0.2, 0.25) is 0 Å². The quantitative estimate of drug-likeness (QED) is 0.680. The lowest BCUT2D eigenvalue weighted by atomic mass is 9.97. The molecule has 8 nitrogen and oxygen atoms in total. The number of carboxylic acid groups (broad SMARTS) is 1. The van der Waals surface area contributed by atoms with E-state index in [1.807, 2.05) is 0 Å². The van der Waals surface area contributed by atoms with Crippen molar-refractivity contribution >= 4 is 22.6 Å². The smallest absolute Gasteiger partial charge is 0.341 e. The Balaban J connectivity index is 1.89. The van der Waals surface area contributed by atoms with Crippen molar-refractivity contribution in [2.24, 2.45) is 5.73 Å². The standard InChI is InChI=1S/C22H22F2N4O4/c1-32-21-18-13(20(29)14(22(30)31)10-28(18)17-7-15(17)23)6-16(24)19(21)27-4-2-11(3-5-27)12(8-25)9-26/h6,10,15,17H,2-5,7-8,25H2,1H3,(H,30,31). The van der Waals surface area contributed by atoms with E-state index in [1.165, 1.54) is 11.7 Å². The van der Waals surface area contributed by atoms with E-state index in [2.05, 4.69) is 6.07 Å². The summed E-state index contributed by atoms with van der Waals surface area (Å²) in [6, 6.07) is 2.45. The van der Waals surface area contributed by atoms with E-state index in [0.717, 1.165) is 17.8 Å². The van der Waals surface area contributed by atoms with Crippen molar-refractivity contribution < 1.29 is 23.4 Å². The molecule has 1 aromatic carbocycles. The number of aromatic carboxylic acids is 1. The summed E-state index contributed by atoms with van der Waals surface area (Å²) in [6.45, 7) is 0.932. The fourth-order valence-corrected chi connectivity index (χ4v) is 4.36. The number of carboxylic acids is 1. The van der Waals surface area contributed by atoms with Crippen LogP contribution in [0.3, 0.4) is 0 Å². The molecule has 168 valence electrons. The first kappa shape index (κ1) is 21.8. The van der Waals surface area contributed by atoms with Gasteiger partial charge < -0.3 is 25.0 Å². The number of nitrogens with two attached hydrogens (primary N) is 1. The van der Waals surface area contributed by atoms with Crippen LogP contribution in [0.15, 0.2) is 28.2 Å². The molecule has 0 amide bonds. The van der Waals surface area contributed by atoms with Crippen LogP contribution in [0.25, 0.3) is 10.9 Å². The molecule has 2 unspecified atom stereocenters. The largest absolute Gasteiger partial charge is 0.492 e. The molecular formula is C22H22F2N4O4. The number of alkyl halides is 1.